The topological polar surface area (TPSA) is 101 Å². The van der Waals surface area contributed by atoms with Crippen LogP contribution in [0.2, 0.25) is 0 Å². The Labute approximate surface area is 276 Å². The molecule has 0 fully saturated rings. The van der Waals surface area contributed by atoms with Crippen molar-refractivity contribution in [2.45, 2.75) is 59.5 Å². The van der Waals surface area contributed by atoms with Crippen molar-refractivity contribution in [3.63, 3.8) is 0 Å². The first kappa shape index (κ1) is 33.9. The van der Waals surface area contributed by atoms with Gasteiger partial charge in [0.25, 0.3) is 0 Å². The Kier molecular flexibility index (Phi) is 9.27. The van der Waals surface area contributed by atoms with E-state index < -0.39 is 30.0 Å². The van der Waals surface area contributed by atoms with Crippen LogP contribution in [0.3, 0.4) is 0 Å². The predicted octanol–water partition coefficient (Wildman–Crippen LogP) is 7.89. The number of aromatic nitrogens is 1. The first-order chi connectivity index (χ1) is 21.4. The van der Waals surface area contributed by atoms with Gasteiger partial charge in [-0.3, -0.25) is 4.98 Å². The third kappa shape index (κ3) is 7.39. The summed E-state index contributed by atoms with van der Waals surface area (Å²) in [5.74, 6) is 0. The molecule has 6 nitrogen and oxygen atoms in total. The summed E-state index contributed by atoms with van der Waals surface area (Å²) < 4.78 is 48.8. The van der Waals surface area contributed by atoms with Gasteiger partial charge in [-0.15, -0.1) is 11.8 Å². The molecule has 0 spiro atoms. The zero-order chi connectivity index (χ0) is 33.5. The summed E-state index contributed by atoms with van der Waals surface area (Å²) in [4.78, 5) is 5.96. The van der Waals surface area contributed by atoms with E-state index in [1.54, 1.807) is 57.8 Å². The van der Waals surface area contributed by atoms with Crippen LogP contribution < -0.4 is 0 Å². The Bertz CT molecular complexity index is 2100. The second-order valence-electron chi connectivity index (χ2n) is 12.8. The van der Waals surface area contributed by atoms with Crippen LogP contribution in [0, 0.1) is 0 Å². The minimum atomic E-state index is -3.41. The SMILES string of the molecule is CC(C)(O)c1ccc(SC(Cc2cccc(-c3cc(C(C)(C)S(C)(=O)=O)cc4cccnc34)c2)c2ccc(S(C)(=O)=O)cc2)cc1. The number of aliphatic hydroxyl groups is 1. The van der Waals surface area contributed by atoms with Crippen LogP contribution in [-0.2, 0) is 36.4 Å². The van der Waals surface area contributed by atoms with Crippen molar-refractivity contribution in [1.29, 1.82) is 0 Å². The highest BCUT2D eigenvalue weighted by atomic mass is 32.2. The zero-order valence-electron chi connectivity index (χ0n) is 26.9. The molecular weight excluding hydrogens is 635 g/mol. The number of pyridine rings is 1. The van der Waals surface area contributed by atoms with Gasteiger partial charge >= 0.3 is 0 Å². The van der Waals surface area contributed by atoms with Crippen molar-refractivity contribution in [3.8, 4) is 11.1 Å². The number of benzene rings is 4. The summed E-state index contributed by atoms with van der Waals surface area (Å²) in [6.07, 6.45) is 4.85. The van der Waals surface area contributed by atoms with E-state index in [0.29, 0.717) is 12.0 Å². The molecule has 0 aliphatic carbocycles. The largest absolute Gasteiger partial charge is 0.386 e. The Morgan fingerprint density at radius 3 is 2.07 bits per heavy atom. The van der Waals surface area contributed by atoms with Gasteiger partial charge < -0.3 is 5.11 Å². The lowest BCUT2D eigenvalue weighted by Crippen LogP contribution is -2.28. The number of nitrogens with zero attached hydrogens (tertiary/aromatic N) is 1. The van der Waals surface area contributed by atoms with Crippen molar-refractivity contribution in [3.05, 3.63) is 126 Å². The van der Waals surface area contributed by atoms with Gasteiger partial charge in [0, 0.05) is 39.8 Å². The summed E-state index contributed by atoms with van der Waals surface area (Å²) in [5.41, 5.74) is 5.20. The minimum absolute atomic E-state index is 0.0535. The number of thioether (sulfide) groups is 1. The van der Waals surface area contributed by atoms with E-state index in [4.69, 9.17) is 0 Å². The van der Waals surface area contributed by atoms with Crippen LogP contribution in [0.4, 0.5) is 0 Å². The molecule has 5 rings (SSSR count). The normalized spacial score (nSPS) is 13.5. The van der Waals surface area contributed by atoms with E-state index in [9.17, 15) is 21.9 Å². The third-order valence-corrected chi connectivity index (χ3v) is 13.0. The van der Waals surface area contributed by atoms with Gasteiger partial charge in [-0.25, -0.2) is 16.8 Å². The maximum absolute atomic E-state index is 12.8. The van der Waals surface area contributed by atoms with Gasteiger partial charge in [0.15, 0.2) is 19.7 Å². The van der Waals surface area contributed by atoms with E-state index >= 15 is 0 Å². The lowest BCUT2D eigenvalue weighted by molar-refractivity contribution is 0.0785. The van der Waals surface area contributed by atoms with Crippen molar-refractivity contribution in [2.24, 2.45) is 0 Å². The lowest BCUT2D eigenvalue weighted by atomic mass is 9.92. The molecule has 0 bridgehead atoms. The molecule has 46 heavy (non-hydrogen) atoms. The molecule has 1 unspecified atom stereocenters. The van der Waals surface area contributed by atoms with Gasteiger partial charge in [0.1, 0.15) is 0 Å². The van der Waals surface area contributed by atoms with E-state index in [1.165, 1.54) is 12.5 Å². The predicted molar refractivity (Wildman–Crippen MR) is 189 cm³/mol. The molecule has 5 aromatic rings. The van der Waals surface area contributed by atoms with E-state index in [1.807, 2.05) is 72.8 Å². The molecule has 0 aliphatic heterocycles. The standard InChI is InChI=1S/C37H39NO5S3/c1-36(2,39)29-14-16-31(17-15-29)44-34(26-12-18-32(19-13-26)45(5,40)41)22-25-9-7-10-27(21-25)33-24-30(37(3,4)46(6,42)43)23-28-11-8-20-38-35(28)33/h7-21,23-24,34,39H,22H2,1-6H3. The quantitative estimate of drug-likeness (QED) is 0.151. The Morgan fingerprint density at radius 2 is 1.46 bits per heavy atom. The number of sulfone groups is 2. The van der Waals surface area contributed by atoms with E-state index in [2.05, 4.69) is 17.1 Å². The van der Waals surface area contributed by atoms with Crippen molar-refractivity contribution in [2.75, 3.05) is 12.5 Å². The van der Waals surface area contributed by atoms with Crippen molar-refractivity contribution < 1.29 is 21.9 Å². The monoisotopic (exact) mass is 673 g/mol. The number of hydrogen-bond donors (Lipinski definition) is 1. The molecule has 0 amide bonds. The summed E-state index contributed by atoms with van der Waals surface area (Å²) in [7, 11) is -6.74. The molecule has 4 aromatic carbocycles. The molecule has 9 heteroatoms. The smallest absolute Gasteiger partial charge is 0.175 e. The molecular formula is C37H39NO5S3. The van der Waals surface area contributed by atoms with Gasteiger partial charge in [-0.1, -0.05) is 54.6 Å². The molecule has 0 aliphatic rings. The van der Waals surface area contributed by atoms with Crippen LogP contribution in [0.25, 0.3) is 22.0 Å². The molecule has 0 radical (unpaired) electrons. The molecule has 1 heterocycles. The lowest BCUT2D eigenvalue weighted by Gasteiger charge is -2.24. The van der Waals surface area contributed by atoms with Crippen LogP contribution in [0.15, 0.2) is 113 Å². The Balaban J connectivity index is 1.56. The molecule has 0 saturated heterocycles. The van der Waals surface area contributed by atoms with Crippen LogP contribution in [0.5, 0.6) is 0 Å². The summed E-state index contributed by atoms with van der Waals surface area (Å²) in [6.45, 7) is 6.96. The van der Waals surface area contributed by atoms with Gasteiger partial charge in [0.05, 0.1) is 20.8 Å². The molecule has 1 atom stereocenters. The van der Waals surface area contributed by atoms with Crippen LogP contribution in [-0.4, -0.2) is 39.4 Å². The van der Waals surface area contributed by atoms with E-state index in [-0.39, 0.29) is 10.1 Å². The summed E-state index contributed by atoms with van der Waals surface area (Å²) in [5, 5.41) is 11.2. The number of rotatable bonds is 10. The highest BCUT2D eigenvalue weighted by Gasteiger charge is 2.33. The maximum atomic E-state index is 12.8. The summed E-state index contributed by atoms with van der Waals surface area (Å²) >= 11 is 1.67. The maximum Gasteiger partial charge on any atom is 0.175 e. The van der Waals surface area contributed by atoms with Gasteiger partial charge in [0.2, 0.25) is 0 Å². The average molecular weight is 674 g/mol. The zero-order valence-corrected chi connectivity index (χ0v) is 29.3. The molecule has 0 saturated carbocycles. The number of fused-ring (bicyclic) bond motifs is 1. The fraction of sp³-hybridized carbons (Fsp3) is 0.270. The number of hydrogen-bond acceptors (Lipinski definition) is 7. The molecule has 1 N–H and O–H groups in total. The second-order valence-corrected chi connectivity index (χ2v) is 18.7. The highest BCUT2D eigenvalue weighted by Crippen LogP contribution is 2.41. The highest BCUT2D eigenvalue weighted by molar-refractivity contribution is 7.99. The molecule has 1 aromatic heterocycles. The van der Waals surface area contributed by atoms with Crippen LogP contribution >= 0.6 is 11.8 Å². The Morgan fingerprint density at radius 1 is 0.783 bits per heavy atom. The summed E-state index contributed by atoms with van der Waals surface area (Å²) in [6, 6.07) is 30.8. The van der Waals surface area contributed by atoms with Crippen LogP contribution in [0.1, 0.15) is 55.2 Å². The van der Waals surface area contributed by atoms with Crippen molar-refractivity contribution in [1.82, 2.24) is 4.98 Å². The van der Waals surface area contributed by atoms with E-state index in [0.717, 1.165) is 43.6 Å². The second kappa shape index (κ2) is 12.6. The minimum Gasteiger partial charge on any atom is -0.386 e. The van der Waals surface area contributed by atoms with Gasteiger partial charge in [-0.2, -0.15) is 0 Å². The fourth-order valence-corrected chi connectivity index (χ4v) is 7.68. The third-order valence-electron chi connectivity index (χ3n) is 8.51. The molecule has 240 valence electrons. The van der Waals surface area contributed by atoms with Gasteiger partial charge in [-0.05, 0) is 104 Å². The first-order valence-corrected chi connectivity index (χ1v) is 19.6. The van der Waals surface area contributed by atoms with Crippen molar-refractivity contribution >= 4 is 42.3 Å². The fourth-order valence-electron chi connectivity index (χ4n) is 5.32. The first-order valence-electron chi connectivity index (χ1n) is 14.9. The Hall–Kier alpha value is -3.50. The average Bonchev–Trinajstić information content (AvgIpc) is 2.99.